The van der Waals surface area contributed by atoms with Crippen LogP contribution in [0.5, 0.6) is 0 Å². The molecule has 0 heterocycles. The molecular weight excluding hydrogens is 240 g/mol. The van der Waals surface area contributed by atoms with Crippen molar-refractivity contribution in [1.29, 1.82) is 0 Å². The van der Waals surface area contributed by atoms with Crippen LogP contribution in [0.2, 0.25) is 0 Å². The lowest BCUT2D eigenvalue weighted by Gasteiger charge is -2.15. The van der Waals surface area contributed by atoms with Gasteiger partial charge in [0.25, 0.3) is 0 Å². The Balaban J connectivity index is 2.00. The van der Waals surface area contributed by atoms with Gasteiger partial charge in [-0.1, -0.05) is 19.1 Å². The largest absolute Gasteiger partial charge is 0.349 e. The summed E-state index contributed by atoms with van der Waals surface area (Å²) >= 11 is 0. The summed E-state index contributed by atoms with van der Waals surface area (Å²) in [5.74, 6) is 0.726. The third kappa shape index (κ3) is 3.56. The molecule has 19 heavy (non-hydrogen) atoms. The van der Waals surface area contributed by atoms with E-state index in [0.29, 0.717) is 5.92 Å². The number of carbonyl (C=O) groups is 2. The molecule has 4 heteroatoms. The van der Waals surface area contributed by atoms with E-state index in [4.69, 9.17) is 0 Å². The van der Waals surface area contributed by atoms with Crippen LogP contribution in [-0.2, 0) is 9.59 Å². The smallest absolute Gasteiger partial charge is 0.223 e. The average Bonchev–Trinajstić information content (AvgIpc) is 3.06. The molecular formula is C15H20N2O2. The maximum Gasteiger partial charge on any atom is 0.223 e. The molecule has 1 saturated carbocycles. The maximum absolute atomic E-state index is 11.9. The Bertz CT molecular complexity index is 499. The van der Waals surface area contributed by atoms with Crippen molar-refractivity contribution in [3.63, 3.8) is 0 Å². The van der Waals surface area contributed by atoms with Gasteiger partial charge in [0.1, 0.15) is 0 Å². The molecule has 0 unspecified atom stereocenters. The van der Waals surface area contributed by atoms with Gasteiger partial charge in [0, 0.05) is 18.5 Å². The molecule has 1 aliphatic rings. The van der Waals surface area contributed by atoms with Gasteiger partial charge in [-0.05, 0) is 37.0 Å². The van der Waals surface area contributed by atoms with Crippen molar-refractivity contribution in [2.45, 2.75) is 33.2 Å². The second-order valence-corrected chi connectivity index (χ2v) is 5.36. The van der Waals surface area contributed by atoms with Crippen molar-refractivity contribution >= 4 is 17.5 Å². The van der Waals surface area contributed by atoms with Gasteiger partial charge in [-0.15, -0.1) is 0 Å². The summed E-state index contributed by atoms with van der Waals surface area (Å²) in [4.78, 5) is 22.9. The molecule has 1 aromatic carbocycles. The van der Waals surface area contributed by atoms with Gasteiger partial charge in [0.2, 0.25) is 11.8 Å². The van der Waals surface area contributed by atoms with Crippen LogP contribution in [0.1, 0.15) is 38.8 Å². The molecule has 2 rings (SSSR count). The number of anilines is 1. The molecule has 3 atom stereocenters. The number of nitrogens with one attached hydrogen (secondary N) is 2. The monoisotopic (exact) mass is 260 g/mol. The Morgan fingerprint density at radius 2 is 2.05 bits per heavy atom. The van der Waals surface area contributed by atoms with E-state index < -0.39 is 0 Å². The SMILES string of the molecule is CC(=O)Nc1cccc([C@H](C)NC(=O)[C@H]2C[C@H]2C)c1. The highest BCUT2D eigenvalue weighted by Gasteiger charge is 2.39. The Labute approximate surface area is 113 Å². The summed E-state index contributed by atoms with van der Waals surface area (Å²) in [7, 11) is 0. The molecule has 1 fully saturated rings. The van der Waals surface area contributed by atoms with E-state index in [-0.39, 0.29) is 23.8 Å². The minimum atomic E-state index is -0.0966. The predicted molar refractivity (Wildman–Crippen MR) is 74.6 cm³/mol. The summed E-state index contributed by atoms with van der Waals surface area (Å²) in [6.07, 6.45) is 0.991. The van der Waals surface area contributed by atoms with E-state index in [1.807, 2.05) is 31.2 Å². The van der Waals surface area contributed by atoms with Crippen LogP contribution in [-0.4, -0.2) is 11.8 Å². The number of amides is 2. The van der Waals surface area contributed by atoms with E-state index in [9.17, 15) is 9.59 Å². The van der Waals surface area contributed by atoms with Crippen LogP contribution in [0.3, 0.4) is 0 Å². The lowest BCUT2D eigenvalue weighted by Crippen LogP contribution is -2.28. The number of rotatable bonds is 4. The van der Waals surface area contributed by atoms with E-state index >= 15 is 0 Å². The first-order valence-electron chi connectivity index (χ1n) is 6.65. The quantitative estimate of drug-likeness (QED) is 0.873. The molecule has 2 amide bonds. The predicted octanol–water partition coefficient (Wildman–Crippen LogP) is 2.48. The summed E-state index contributed by atoms with van der Waals surface area (Å²) in [5, 5.41) is 5.76. The van der Waals surface area contributed by atoms with Crippen molar-refractivity contribution in [3.05, 3.63) is 29.8 Å². The number of hydrogen-bond acceptors (Lipinski definition) is 2. The molecule has 2 N–H and O–H groups in total. The normalized spacial score (nSPS) is 22.5. The van der Waals surface area contributed by atoms with Gasteiger partial charge in [-0.2, -0.15) is 0 Å². The van der Waals surface area contributed by atoms with E-state index in [2.05, 4.69) is 17.6 Å². The molecule has 4 nitrogen and oxygen atoms in total. The van der Waals surface area contributed by atoms with Gasteiger partial charge in [0.15, 0.2) is 0 Å². The third-order valence-electron chi connectivity index (χ3n) is 3.51. The molecule has 0 bridgehead atoms. The molecule has 0 saturated heterocycles. The Kier molecular flexibility index (Phi) is 3.88. The average molecular weight is 260 g/mol. The minimum Gasteiger partial charge on any atom is -0.349 e. The molecule has 102 valence electrons. The second kappa shape index (κ2) is 5.43. The fourth-order valence-electron chi connectivity index (χ4n) is 2.18. The molecule has 0 aliphatic heterocycles. The van der Waals surface area contributed by atoms with Crippen molar-refractivity contribution in [2.75, 3.05) is 5.32 Å². The van der Waals surface area contributed by atoms with E-state index in [1.165, 1.54) is 6.92 Å². The Morgan fingerprint density at radius 3 is 2.63 bits per heavy atom. The van der Waals surface area contributed by atoms with Crippen molar-refractivity contribution in [2.24, 2.45) is 11.8 Å². The van der Waals surface area contributed by atoms with Crippen LogP contribution >= 0.6 is 0 Å². The van der Waals surface area contributed by atoms with E-state index in [0.717, 1.165) is 17.7 Å². The zero-order valence-corrected chi connectivity index (χ0v) is 11.6. The fourth-order valence-corrected chi connectivity index (χ4v) is 2.18. The molecule has 1 aromatic rings. The van der Waals surface area contributed by atoms with Crippen LogP contribution in [0, 0.1) is 11.8 Å². The van der Waals surface area contributed by atoms with Gasteiger partial charge in [-0.25, -0.2) is 0 Å². The lowest BCUT2D eigenvalue weighted by atomic mass is 10.1. The zero-order valence-electron chi connectivity index (χ0n) is 11.6. The molecule has 0 aromatic heterocycles. The highest BCUT2D eigenvalue weighted by molar-refractivity contribution is 5.88. The number of hydrogen-bond donors (Lipinski definition) is 2. The van der Waals surface area contributed by atoms with Crippen molar-refractivity contribution in [1.82, 2.24) is 5.32 Å². The third-order valence-corrected chi connectivity index (χ3v) is 3.51. The van der Waals surface area contributed by atoms with E-state index in [1.54, 1.807) is 0 Å². The lowest BCUT2D eigenvalue weighted by molar-refractivity contribution is -0.123. The standard InChI is InChI=1S/C15H20N2O2/c1-9-7-14(9)15(19)16-10(2)12-5-4-6-13(8-12)17-11(3)18/h4-6,8-10,14H,7H2,1-3H3,(H,16,19)(H,17,18)/t9-,10+,14+/m1/s1. The second-order valence-electron chi connectivity index (χ2n) is 5.36. The summed E-state index contributed by atoms with van der Waals surface area (Å²) < 4.78 is 0. The van der Waals surface area contributed by atoms with Crippen LogP contribution < -0.4 is 10.6 Å². The Hall–Kier alpha value is -1.84. The van der Waals surface area contributed by atoms with Crippen LogP contribution in [0.15, 0.2) is 24.3 Å². The van der Waals surface area contributed by atoms with Crippen molar-refractivity contribution in [3.8, 4) is 0 Å². The van der Waals surface area contributed by atoms with Crippen molar-refractivity contribution < 1.29 is 9.59 Å². The number of benzene rings is 1. The summed E-state index contributed by atoms with van der Waals surface area (Å²) in [6, 6.07) is 7.51. The first kappa shape index (κ1) is 13.6. The Morgan fingerprint density at radius 1 is 1.37 bits per heavy atom. The summed E-state index contributed by atoms with van der Waals surface area (Å²) in [5.41, 5.74) is 1.75. The summed E-state index contributed by atoms with van der Waals surface area (Å²) in [6.45, 7) is 5.52. The van der Waals surface area contributed by atoms with Gasteiger partial charge < -0.3 is 10.6 Å². The van der Waals surface area contributed by atoms with Gasteiger partial charge >= 0.3 is 0 Å². The highest BCUT2D eigenvalue weighted by atomic mass is 16.2. The maximum atomic E-state index is 11.9. The fraction of sp³-hybridized carbons (Fsp3) is 0.467. The van der Waals surface area contributed by atoms with Crippen LogP contribution in [0.4, 0.5) is 5.69 Å². The number of carbonyl (C=O) groups excluding carboxylic acids is 2. The minimum absolute atomic E-state index is 0.0472. The zero-order chi connectivity index (χ0) is 14.0. The topological polar surface area (TPSA) is 58.2 Å². The van der Waals surface area contributed by atoms with Crippen LogP contribution in [0.25, 0.3) is 0 Å². The molecule has 0 radical (unpaired) electrons. The van der Waals surface area contributed by atoms with Gasteiger partial charge in [-0.3, -0.25) is 9.59 Å². The molecule has 1 aliphatic carbocycles. The van der Waals surface area contributed by atoms with Gasteiger partial charge in [0.05, 0.1) is 6.04 Å². The highest BCUT2D eigenvalue weighted by Crippen LogP contribution is 2.38. The first-order chi connectivity index (χ1) is 8.97. The first-order valence-corrected chi connectivity index (χ1v) is 6.65. The molecule has 0 spiro atoms.